The van der Waals surface area contributed by atoms with Crippen LogP contribution in [0.25, 0.3) is 0 Å². The van der Waals surface area contributed by atoms with Crippen molar-refractivity contribution in [3.8, 4) is 0 Å². The molecule has 1 aliphatic rings. The first-order valence-corrected chi connectivity index (χ1v) is 9.29. The fraction of sp³-hybridized carbons (Fsp3) is 0.733. The van der Waals surface area contributed by atoms with Gasteiger partial charge in [-0.1, -0.05) is 59.8 Å². The average molecular weight is 235 g/mol. The number of allylic oxidation sites excluding steroid dienone is 4. The Balaban J connectivity index is 3.27. The molecule has 91 valence electrons. The Morgan fingerprint density at radius 2 is 1.44 bits per heavy atom. The monoisotopic (exact) mass is 235 g/mol. The fourth-order valence-corrected chi connectivity index (χ4v) is 4.18. The average Bonchev–Trinajstić information content (AvgIpc) is 2.43. The molecule has 0 aromatic carbocycles. The Kier molecular flexibility index (Phi) is 3.59. The molecule has 1 rings (SSSR count). The van der Waals surface area contributed by atoms with Crippen LogP contribution in [0, 0.1) is 16.9 Å². The van der Waals surface area contributed by atoms with Gasteiger partial charge in [0.15, 0.2) is 0 Å². The van der Waals surface area contributed by atoms with Gasteiger partial charge < -0.3 is 0 Å². The Labute approximate surface area is 103 Å². The van der Waals surface area contributed by atoms with Crippen LogP contribution < -0.4 is 0 Å². The van der Waals surface area contributed by atoms with Gasteiger partial charge in [-0.25, -0.2) is 0 Å². The molecule has 0 fully saturated rings. The Morgan fingerprint density at radius 1 is 0.938 bits per heavy atom. The van der Waals surface area contributed by atoms with E-state index in [0.717, 1.165) is 6.42 Å². The van der Waals surface area contributed by atoms with Crippen molar-refractivity contribution < 1.29 is 0 Å². The first kappa shape index (κ1) is 13.8. The molecule has 0 spiro atoms. The lowest BCUT2D eigenvalue weighted by Crippen LogP contribution is -2.22. The maximum absolute atomic E-state index is 3.66. The third-order valence-corrected chi connectivity index (χ3v) is 5.11. The largest absolute Gasteiger partial charge is 0.0763 e. The lowest BCUT2D eigenvalue weighted by Gasteiger charge is -2.33. The molecular weight excluding hydrogens is 208 g/mol. The van der Waals surface area contributed by atoms with Gasteiger partial charge in [-0.3, -0.25) is 0 Å². The number of hydrogen-bond donors (Lipinski definition) is 0. The standard InChI is InChI=1S/C15H27Si/c1-14(2,3)11-9-10-12(16(7)8)13(11)15(4,5)6/h16H,10H2,1-8H3. The lowest BCUT2D eigenvalue weighted by molar-refractivity contribution is 0.447. The third kappa shape index (κ3) is 2.68. The van der Waals surface area contributed by atoms with E-state index in [9.17, 15) is 0 Å². The van der Waals surface area contributed by atoms with Crippen LogP contribution in [-0.4, -0.2) is 8.80 Å². The van der Waals surface area contributed by atoms with E-state index < -0.39 is 8.80 Å². The maximum Gasteiger partial charge on any atom is 0.0604 e. The quantitative estimate of drug-likeness (QED) is 0.586. The predicted molar refractivity (Wildman–Crippen MR) is 76.2 cm³/mol. The minimum Gasteiger partial charge on any atom is -0.0763 e. The molecular formula is C15H27Si. The molecule has 0 atom stereocenters. The van der Waals surface area contributed by atoms with Crippen molar-refractivity contribution in [3.63, 3.8) is 0 Å². The molecule has 0 bridgehead atoms. The van der Waals surface area contributed by atoms with Crippen molar-refractivity contribution >= 4 is 8.80 Å². The van der Waals surface area contributed by atoms with Gasteiger partial charge in [0.1, 0.15) is 0 Å². The van der Waals surface area contributed by atoms with Gasteiger partial charge in [0, 0.05) is 0 Å². The van der Waals surface area contributed by atoms with E-state index >= 15 is 0 Å². The number of rotatable bonds is 1. The highest BCUT2D eigenvalue weighted by Crippen LogP contribution is 2.46. The van der Waals surface area contributed by atoms with Gasteiger partial charge in [0.2, 0.25) is 0 Å². The summed E-state index contributed by atoms with van der Waals surface area (Å²) in [5.41, 5.74) is 3.63. The van der Waals surface area contributed by atoms with E-state index in [2.05, 4.69) is 60.7 Å². The van der Waals surface area contributed by atoms with Crippen LogP contribution in [0.4, 0.5) is 0 Å². The van der Waals surface area contributed by atoms with E-state index in [1.165, 1.54) is 5.57 Å². The van der Waals surface area contributed by atoms with Crippen LogP contribution in [0.2, 0.25) is 13.1 Å². The third-order valence-electron chi connectivity index (χ3n) is 3.22. The molecule has 1 radical (unpaired) electrons. The highest BCUT2D eigenvalue weighted by atomic mass is 28.3. The minimum absolute atomic E-state index is 0.244. The van der Waals surface area contributed by atoms with Crippen LogP contribution in [0.1, 0.15) is 48.0 Å². The zero-order chi connectivity index (χ0) is 12.7. The van der Waals surface area contributed by atoms with Gasteiger partial charge in [-0.2, -0.15) is 0 Å². The van der Waals surface area contributed by atoms with Gasteiger partial charge in [-0.05, 0) is 34.5 Å². The normalized spacial score (nSPS) is 18.4. The molecule has 0 saturated heterocycles. The molecule has 0 unspecified atom stereocenters. The molecule has 0 aromatic heterocycles. The van der Waals surface area contributed by atoms with E-state index in [-0.39, 0.29) is 10.8 Å². The molecule has 0 aliphatic heterocycles. The molecule has 0 saturated carbocycles. The second-order valence-electron chi connectivity index (χ2n) is 7.28. The zero-order valence-corrected chi connectivity index (χ0v) is 13.4. The summed E-state index contributed by atoms with van der Waals surface area (Å²) in [6.07, 6.45) is 4.76. The predicted octanol–water partition coefficient (Wildman–Crippen LogP) is 4.53. The summed E-state index contributed by atoms with van der Waals surface area (Å²) in [5.74, 6) is 0. The molecule has 0 heterocycles. The Morgan fingerprint density at radius 3 is 1.75 bits per heavy atom. The van der Waals surface area contributed by atoms with Crippen LogP contribution in [0.3, 0.4) is 0 Å². The van der Waals surface area contributed by atoms with Crippen molar-refractivity contribution in [2.45, 2.75) is 61.1 Å². The summed E-state index contributed by atoms with van der Waals surface area (Å²) >= 11 is 0. The molecule has 1 heteroatoms. The molecule has 0 N–H and O–H groups in total. The minimum atomic E-state index is -0.695. The summed E-state index contributed by atoms with van der Waals surface area (Å²) in [5, 5.41) is 1.73. The van der Waals surface area contributed by atoms with Crippen molar-refractivity contribution in [2.75, 3.05) is 0 Å². The Hall–Kier alpha value is -0.303. The van der Waals surface area contributed by atoms with Crippen molar-refractivity contribution in [3.05, 3.63) is 22.4 Å². The van der Waals surface area contributed by atoms with Crippen molar-refractivity contribution in [2.24, 2.45) is 10.8 Å². The van der Waals surface area contributed by atoms with E-state index in [4.69, 9.17) is 0 Å². The van der Waals surface area contributed by atoms with Crippen molar-refractivity contribution in [1.29, 1.82) is 0 Å². The second kappa shape index (κ2) is 4.18. The Bertz CT molecular complexity index is 329. The summed E-state index contributed by atoms with van der Waals surface area (Å²) < 4.78 is 0. The zero-order valence-electron chi connectivity index (χ0n) is 12.3. The summed E-state index contributed by atoms with van der Waals surface area (Å²) in [6.45, 7) is 18.8. The summed E-state index contributed by atoms with van der Waals surface area (Å²) in [7, 11) is -0.695. The summed E-state index contributed by atoms with van der Waals surface area (Å²) in [6, 6.07) is 0. The van der Waals surface area contributed by atoms with Gasteiger partial charge in [0.25, 0.3) is 0 Å². The molecule has 0 nitrogen and oxygen atoms in total. The SMILES string of the molecule is C[SiH](C)C1=C(C(C)(C)C)C(C(C)(C)C)=[C]C1. The van der Waals surface area contributed by atoms with Crippen LogP contribution in [0.5, 0.6) is 0 Å². The number of hydrogen-bond acceptors (Lipinski definition) is 0. The molecule has 16 heavy (non-hydrogen) atoms. The van der Waals surface area contributed by atoms with Crippen LogP contribution in [0.15, 0.2) is 16.3 Å². The van der Waals surface area contributed by atoms with E-state index in [1.807, 2.05) is 0 Å². The van der Waals surface area contributed by atoms with Gasteiger partial charge in [0.05, 0.1) is 8.80 Å². The van der Waals surface area contributed by atoms with Gasteiger partial charge in [-0.15, -0.1) is 0 Å². The molecule has 0 amide bonds. The highest BCUT2D eigenvalue weighted by molar-refractivity contribution is 6.64. The van der Waals surface area contributed by atoms with Gasteiger partial charge >= 0.3 is 0 Å². The molecule has 1 aliphatic carbocycles. The lowest BCUT2D eigenvalue weighted by atomic mass is 9.74. The summed E-state index contributed by atoms with van der Waals surface area (Å²) in [4.78, 5) is 0. The van der Waals surface area contributed by atoms with E-state index in [0.29, 0.717) is 0 Å². The van der Waals surface area contributed by atoms with E-state index in [1.54, 1.807) is 10.8 Å². The highest BCUT2D eigenvalue weighted by Gasteiger charge is 2.34. The topological polar surface area (TPSA) is 0 Å². The van der Waals surface area contributed by atoms with Crippen LogP contribution in [-0.2, 0) is 0 Å². The smallest absolute Gasteiger partial charge is 0.0604 e. The fourth-order valence-electron chi connectivity index (χ4n) is 2.51. The van der Waals surface area contributed by atoms with Crippen molar-refractivity contribution in [1.82, 2.24) is 0 Å². The van der Waals surface area contributed by atoms with Crippen LogP contribution >= 0.6 is 0 Å². The first-order valence-electron chi connectivity index (χ1n) is 6.40. The first-order chi connectivity index (χ1) is 7.05. The second-order valence-corrected chi connectivity index (χ2v) is 10.3. The maximum atomic E-state index is 3.66. The molecule has 0 aromatic rings.